The molecule has 0 aliphatic carbocycles. The second-order valence-electron chi connectivity index (χ2n) is 22.9. The van der Waals surface area contributed by atoms with E-state index in [1.807, 2.05) is 0 Å². The molecule has 0 heterocycles. The van der Waals surface area contributed by atoms with Crippen molar-refractivity contribution < 1.29 is 151 Å². The highest BCUT2D eigenvalue weighted by Gasteiger charge is 2.57. The van der Waals surface area contributed by atoms with Crippen LogP contribution in [0, 0.1) is 0 Å². The van der Waals surface area contributed by atoms with Crippen LogP contribution in [0.3, 0.4) is 0 Å². The Bertz CT molecular complexity index is 3260. The molecule has 4 rings (SSSR count). The second kappa shape index (κ2) is 58.5. The highest BCUT2D eigenvalue weighted by atomic mass is 28.4. The number of carbonyl (C=O) groups excluding carboxylic acids is 15. The van der Waals surface area contributed by atoms with Gasteiger partial charge in [0, 0.05) is 95.3 Å². The standard InChI is InChI=1S/C24H19F3O6Si.C12H14O6Si.C8H14O6Si.C8H12O6Si.C7H12O6Si.3C5H12/c25-24(26,27)16-17-34(31-21(28)18-10-4-1-5-11-18,32-22(29)19-12-6-2-7-13-19)33-23(30)20-14-8-3-9-15-20;1-9(13)16-19(17-10(2)14,18-11(3)15)12-7-5-4-6-8-12;2*1-5-15(12-6(2)9,13-7(3)10)14-8(4)11;1-5(8)11-14(4,12-6(2)9)13-7(3)10;3*1-3-5-4-2/h1-15H,16-17H2;4-8H,1-3H3;5H2,1-4H3;5H,1H2,2-4H3;1-4H3;3*3-5H2,1-2H3. The molecule has 0 saturated carbocycles. The summed E-state index contributed by atoms with van der Waals surface area (Å²) in [6.07, 6.45) is 6.02. The van der Waals surface area contributed by atoms with Crippen molar-refractivity contribution in [3.05, 3.63) is 150 Å². The van der Waals surface area contributed by atoms with E-state index in [-0.39, 0.29) is 22.7 Å². The summed E-state index contributed by atoms with van der Waals surface area (Å²) in [5.74, 6) is -11.4. The lowest BCUT2D eigenvalue weighted by molar-refractivity contribution is -0.150. The number of carbonyl (C=O) groups is 15. The Balaban J connectivity index is -0.000000648. The summed E-state index contributed by atoms with van der Waals surface area (Å²) in [6, 6.07) is 29.5. The van der Waals surface area contributed by atoms with Crippen LogP contribution < -0.4 is 5.19 Å². The molecule has 4 aromatic rings. The summed E-state index contributed by atoms with van der Waals surface area (Å²) >= 11 is 0. The molecule has 0 aliphatic rings. The molecule has 0 N–H and O–H groups in total. The maximum absolute atomic E-state index is 13.2. The molecular weight excluding hydrogens is 1570 g/mol. The van der Waals surface area contributed by atoms with E-state index in [0.717, 1.165) is 88.8 Å². The first kappa shape index (κ1) is 108. The quantitative estimate of drug-likeness (QED) is 0.0456. The number of hydrogen-bond acceptors (Lipinski definition) is 30. The van der Waals surface area contributed by atoms with E-state index >= 15 is 0 Å². The van der Waals surface area contributed by atoms with Crippen LogP contribution in [0.4, 0.5) is 13.2 Å². The van der Waals surface area contributed by atoms with Crippen LogP contribution in [0.25, 0.3) is 0 Å². The van der Waals surface area contributed by atoms with Gasteiger partial charge in [0.1, 0.15) is 0 Å². The maximum atomic E-state index is 13.2. The van der Waals surface area contributed by atoms with Crippen molar-refractivity contribution in [3.63, 3.8) is 0 Å². The zero-order valence-corrected chi connectivity index (χ0v) is 72.2. The molecule has 0 atom stereocenters. The third-order valence-electron chi connectivity index (χ3n) is 12.0. The summed E-state index contributed by atoms with van der Waals surface area (Å²) in [6.45, 7) is 33.2. The van der Waals surface area contributed by atoms with Gasteiger partial charge in [-0.25, -0.2) is 14.4 Å². The molecule has 0 spiro atoms. The van der Waals surface area contributed by atoms with Gasteiger partial charge in [0.05, 0.1) is 40.4 Å². The van der Waals surface area contributed by atoms with E-state index in [2.05, 4.69) is 61.4 Å². The van der Waals surface area contributed by atoms with Gasteiger partial charge in [0.15, 0.2) is 0 Å². The Labute approximate surface area is 658 Å². The molecule has 4 aromatic carbocycles. The van der Waals surface area contributed by atoms with Gasteiger partial charge in [-0.3, -0.25) is 57.5 Å². The Morgan fingerprint density at radius 2 is 0.545 bits per heavy atom. The van der Waals surface area contributed by atoms with Gasteiger partial charge in [-0.15, -0.1) is 0 Å². The third-order valence-corrected chi connectivity index (χ3v) is 23.9. The topological polar surface area (TPSA) is 394 Å². The zero-order valence-electron chi connectivity index (χ0n) is 67.2. The second-order valence-corrected chi connectivity index (χ2v) is 34.9. The Morgan fingerprint density at radius 1 is 0.321 bits per heavy atom. The molecule has 112 heavy (non-hydrogen) atoms. The van der Waals surface area contributed by atoms with E-state index in [1.165, 1.54) is 137 Å². The van der Waals surface area contributed by atoms with Crippen LogP contribution in [0.15, 0.2) is 134 Å². The number of rotatable bonds is 29. The van der Waals surface area contributed by atoms with E-state index in [0.29, 0.717) is 5.19 Å². The monoisotopic (exact) mass is 1670 g/mol. The van der Waals surface area contributed by atoms with Crippen molar-refractivity contribution in [2.75, 3.05) is 0 Å². The van der Waals surface area contributed by atoms with Gasteiger partial charge in [-0.2, -0.15) is 13.2 Å². The lowest BCUT2D eigenvalue weighted by Crippen LogP contribution is -2.59. The fourth-order valence-electron chi connectivity index (χ4n) is 7.91. The number of benzene rings is 4. The van der Waals surface area contributed by atoms with Crippen molar-refractivity contribution in [2.45, 2.75) is 221 Å². The van der Waals surface area contributed by atoms with Crippen LogP contribution in [-0.4, -0.2) is 140 Å². The van der Waals surface area contributed by atoms with E-state index in [4.69, 9.17) is 53.1 Å². The molecule has 0 unspecified atom stereocenters. The molecule has 0 fully saturated rings. The molecule has 0 amide bonds. The predicted molar refractivity (Wildman–Crippen MR) is 409 cm³/mol. The fraction of sp³-hybridized carbons (Fsp3) is 0.446. The van der Waals surface area contributed by atoms with Gasteiger partial charge in [0.25, 0.3) is 71.6 Å². The largest absolute Gasteiger partial charge is 0.742 e. The molecule has 0 radical (unpaired) electrons. The Kier molecular flexibility index (Phi) is 56.3. The predicted octanol–water partition coefficient (Wildman–Crippen LogP) is 13.8. The van der Waals surface area contributed by atoms with Crippen molar-refractivity contribution >= 4 is 139 Å². The maximum Gasteiger partial charge on any atom is 0.742 e. The lowest BCUT2D eigenvalue weighted by Gasteiger charge is -2.28. The molecule has 0 bridgehead atoms. The number of halogens is 3. The van der Waals surface area contributed by atoms with Gasteiger partial charge < -0.3 is 66.4 Å². The average molecular weight is 1670 g/mol. The summed E-state index contributed by atoms with van der Waals surface area (Å²) in [4.78, 5) is 169. The Hall–Kier alpha value is -10.5. The van der Waals surface area contributed by atoms with Crippen LogP contribution in [-0.2, 0) is 124 Å². The van der Waals surface area contributed by atoms with Crippen molar-refractivity contribution in [3.8, 4) is 0 Å². The van der Waals surface area contributed by atoms with E-state index in [9.17, 15) is 85.1 Å². The van der Waals surface area contributed by atoms with Gasteiger partial charge in [-0.1, -0.05) is 198 Å². The van der Waals surface area contributed by atoms with Gasteiger partial charge in [-0.05, 0) is 36.4 Å². The first-order valence-corrected chi connectivity index (χ1v) is 44.7. The Morgan fingerprint density at radius 3 is 0.723 bits per heavy atom. The van der Waals surface area contributed by atoms with Gasteiger partial charge >= 0.3 is 68.1 Å². The molecule has 38 heteroatoms. The van der Waals surface area contributed by atoms with E-state index in [1.54, 1.807) is 55.5 Å². The summed E-state index contributed by atoms with van der Waals surface area (Å²) < 4.78 is 113. The number of alkyl halides is 3. The minimum absolute atomic E-state index is 0.0158. The first-order valence-electron chi connectivity index (χ1n) is 35.1. The molecule has 0 saturated heterocycles. The number of unbranched alkanes of at least 4 members (excludes halogenated alkanes) is 6. The molecular formula is C74H107F3O30Si5. The van der Waals surface area contributed by atoms with Crippen molar-refractivity contribution in [2.24, 2.45) is 0 Å². The fourth-order valence-corrected chi connectivity index (χ4v) is 17.5. The van der Waals surface area contributed by atoms with Crippen LogP contribution in [0.2, 0.25) is 18.6 Å². The SMILES string of the molecule is C=C[Si](OC(C)=O)(OC(C)=O)OC(C)=O.CC(=O)O[Si](C)(OC(C)=O)OC(C)=O.CC(=O)O[Si](OC(C)=O)(OC(C)=O)c1ccccc1.CCCCC.CCCCC.CCCCC.CC[Si](OC(C)=O)(OC(C)=O)OC(C)=O.O=C(O[Si](CCC(F)(F)F)(OC(=O)c1ccccc1)OC(=O)c1ccccc1)c1ccccc1. The van der Waals surface area contributed by atoms with Gasteiger partial charge in [0.2, 0.25) is 0 Å². The van der Waals surface area contributed by atoms with Crippen LogP contribution >= 0.6 is 0 Å². The summed E-state index contributed by atoms with van der Waals surface area (Å²) in [5, 5.41) is 0.357. The third kappa shape index (κ3) is 54.2. The molecule has 624 valence electrons. The first-order chi connectivity index (χ1) is 52.1. The molecule has 0 aromatic heterocycles. The van der Waals surface area contributed by atoms with Crippen LogP contribution in [0.1, 0.15) is 227 Å². The average Bonchev–Trinajstić information content (AvgIpc) is 0.800. The molecule has 0 aliphatic heterocycles. The van der Waals surface area contributed by atoms with Crippen molar-refractivity contribution in [1.29, 1.82) is 0 Å². The smallest absolute Gasteiger partial charge is 0.455 e. The highest BCUT2D eigenvalue weighted by Crippen LogP contribution is 2.31. The number of hydrogen-bond donors (Lipinski definition) is 0. The van der Waals surface area contributed by atoms with Crippen LogP contribution in [0.5, 0.6) is 0 Å². The summed E-state index contributed by atoms with van der Waals surface area (Å²) in [7, 11) is -19.6. The molecule has 30 nitrogen and oxygen atoms in total. The lowest BCUT2D eigenvalue weighted by atomic mass is 10.2. The minimum Gasteiger partial charge on any atom is -0.455 e. The highest BCUT2D eigenvalue weighted by molar-refractivity contribution is 6.79. The van der Waals surface area contributed by atoms with E-state index < -0.39 is 152 Å². The summed E-state index contributed by atoms with van der Waals surface area (Å²) in [5.41, 5.74) is 0.991. The zero-order chi connectivity index (χ0) is 86.9. The normalized spacial score (nSPS) is 10.4. The van der Waals surface area contributed by atoms with Crippen molar-refractivity contribution in [1.82, 2.24) is 0 Å². The minimum atomic E-state index is -4.91.